The van der Waals surface area contributed by atoms with E-state index in [9.17, 15) is 9.59 Å². The van der Waals surface area contributed by atoms with Crippen LogP contribution < -0.4 is 19.7 Å². The van der Waals surface area contributed by atoms with Gasteiger partial charge in [0.1, 0.15) is 13.2 Å². The van der Waals surface area contributed by atoms with Crippen molar-refractivity contribution in [2.75, 3.05) is 18.5 Å². The van der Waals surface area contributed by atoms with Gasteiger partial charge in [0.15, 0.2) is 11.5 Å². The molecule has 0 fully saturated rings. The molecule has 1 aliphatic heterocycles. The van der Waals surface area contributed by atoms with E-state index >= 15 is 0 Å². The maximum atomic E-state index is 12.4. The summed E-state index contributed by atoms with van der Waals surface area (Å²) in [6, 6.07) is 10.5. The number of anilines is 1. The maximum Gasteiger partial charge on any atom is 0.307 e. The van der Waals surface area contributed by atoms with Crippen LogP contribution in [0.4, 0.5) is 5.69 Å². The summed E-state index contributed by atoms with van der Waals surface area (Å²) in [6.07, 6.45) is 0. The van der Waals surface area contributed by atoms with Gasteiger partial charge in [-0.05, 0) is 36.4 Å². The van der Waals surface area contributed by atoms with Crippen LogP contribution in [0.15, 0.2) is 41.2 Å². The quantitative estimate of drug-likeness (QED) is 0.777. The van der Waals surface area contributed by atoms with E-state index in [-0.39, 0.29) is 10.8 Å². The molecule has 0 unspecified atom stereocenters. The molecule has 0 bridgehead atoms. The number of nitrogens with one attached hydrogen (secondary N) is 1. The van der Waals surface area contributed by atoms with Crippen molar-refractivity contribution in [2.24, 2.45) is 7.05 Å². The molecule has 1 aromatic heterocycles. The smallest absolute Gasteiger partial charge is 0.307 e. The Hall–Kier alpha value is -2.80. The number of aryl methyl sites for hydroxylation is 1. The van der Waals surface area contributed by atoms with Crippen molar-refractivity contribution in [3.63, 3.8) is 0 Å². The molecule has 0 atom stereocenters. The molecule has 3 aromatic rings. The van der Waals surface area contributed by atoms with E-state index < -0.39 is 0 Å². The molecule has 4 rings (SSSR count). The standard InChI is InChI=1S/C17H14N2O4S/c1-19-12-4-3-11(9-15(12)24-17(19)21)18-16(20)10-2-5-13-14(8-10)23-7-6-22-13/h2-5,8-9H,6-7H2,1H3,(H,18,20). The molecule has 1 N–H and O–H groups in total. The van der Waals surface area contributed by atoms with Gasteiger partial charge >= 0.3 is 4.87 Å². The van der Waals surface area contributed by atoms with E-state index in [2.05, 4.69) is 5.32 Å². The molecule has 2 aromatic carbocycles. The van der Waals surface area contributed by atoms with Crippen LogP contribution in [0.25, 0.3) is 10.2 Å². The molecule has 1 amide bonds. The Bertz CT molecular complexity index is 1010. The molecule has 7 heteroatoms. The average Bonchev–Trinajstić information content (AvgIpc) is 2.88. The Balaban J connectivity index is 1.60. The van der Waals surface area contributed by atoms with Gasteiger partial charge in [-0.1, -0.05) is 11.3 Å². The highest BCUT2D eigenvalue weighted by Crippen LogP contribution is 2.31. The van der Waals surface area contributed by atoms with Crippen LogP contribution in [0.5, 0.6) is 11.5 Å². The van der Waals surface area contributed by atoms with E-state index in [1.54, 1.807) is 41.9 Å². The van der Waals surface area contributed by atoms with Crippen molar-refractivity contribution in [1.29, 1.82) is 0 Å². The SMILES string of the molecule is Cn1c(=O)sc2cc(NC(=O)c3ccc4c(c3)OCCO4)ccc21. The summed E-state index contributed by atoms with van der Waals surface area (Å²) in [5.41, 5.74) is 1.98. The van der Waals surface area contributed by atoms with E-state index in [0.29, 0.717) is 36.0 Å². The van der Waals surface area contributed by atoms with Crippen LogP contribution >= 0.6 is 11.3 Å². The number of nitrogens with zero attached hydrogens (tertiary/aromatic N) is 1. The highest BCUT2D eigenvalue weighted by Gasteiger charge is 2.15. The van der Waals surface area contributed by atoms with E-state index in [1.807, 2.05) is 6.07 Å². The lowest BCUT2D eigenvalue weighted by Gasteiger charge is -2.18. The van der Waals surface area contributed by atoms with Crippen LogP contribution in [-0.4, -0.2) is 23.7 Å². The number of carbonyl (C=O) groups excluding carboxylic acids is 1. The minimum atomic E-state index is -0.241. The predicted molar refractivity (Wildman–Crippen MR) is 92.5 cm³/mol. The Morgan fingerprint density at radius 1 is 1.12 bits per heavy atom. The van der Waals surface area contributed by atoms with Crippen LogP contribution in [0.2, 0.25) is 0 Å². The Morgan fingerprint density at radius 2 is 1.92 bits per heavy atom. The van der Waals surface area contributed by atoms with Crippen molar-refractivity contribution in [3.05, 3.63) is 51.6 Å². The number of fused-ring (bicyclic) bond motifs is 2. The topological polar surface area (TPSA) is 69.6 Å². The molecule has 0 aliphatic carbocycles. The molecule has 0 spiro atoms. The van der Waals surface area contributed by atoms with Crippen LogP contribution in [-0.2, 0) is 7.05 Å². The normalized spacial score (nSPS) is 13.0. The summed E-state index contributed by atoms with van der Waals surface area (Å²) < 4.78 is 13.4. The molecule has 122 valence electrons. The molecule has 2 heterocycles. The summed E-state index contributed by atoms with van der Waals surface area (Å²) in [4.78, 5) is 24.1. The van der Waals surface area contributed by atoms with Crippen molar-refractivity contribution in [3.8, 4) is 11.5 Å². The second kappa shape index (κ2) is 5.68. The fourth-order valence-electron chi connectivity index (χ4n) is 2.60. The zero-order valence-corrected chi connectivity index (χ0v) is 13.7. The van der Waals surface area contributed by atoms with Gasteiger partial charge < -0.3 is 19.4 Å². The summed E-state index contributed by atoms with van der Waals surface area (Å²) in [7, 11) is 1.73. The third kappa shape index (κ3) is 2.52. The van der Waals surface area contributed by atoms with Crippen LogP contribution in [0, 0.1) is 0 Å². The second-order valence-electron chi connectivity index (χ2n) is 5.42. The Morgan fingerprint density at radius 3 is 2.75 bits per heavy atom. The highest BCUT2D eigenvalue weighted by atomic mass is 32.1. The van der Waals surface area contributed by atoms with Crippen molar-refractivity contribution >= 4 is 33.1 Å². The number of thiazole rings is 1. The first-order valence-electron chi connectivity index (χ1n) is 7.42. The monoisotopic (exact) mass is 342 g/mol. The number of hydrogen-bond donors (Lipinski definition) is 1. The molecular formula is C17H14N2O4S. The van der Waals surface area contributed by atoms with E-state index in [4.69, 9.17) is 9.47 Å². The van der Waals surface area contributed by atoms with Gasteiger partial charge in [-0.3, -0.25) is 9.59 Å². The van der Waals surface area contributed by atoms with Crippen LogP contribution in [0.3, 0.4) is 0 Å². The van der Waals surface area contributed by atoms with Gasteiger partial charge in [0.2, 0.25) is 0 Å². The lowest BCUT2D eigenvalue weighted by Crippen LogP contribution is -2.17. The number of carbonyl (C=O) groups is 1. The molecule has 24 heavy (non-hydrogen) atoms. The first-order valence-corrected chi connectivity index (χ1v) is 8.24. The van der Waals surface area contributed by atoms with Crippen molar-refractivity contribution in [2.45, 2.75) is 0 Å². The van der Waals surface area contributed by atoms with Crippen LogP contribution in [0.1, 0.15) is 10.4 Å². The lowest BCUT2D eigenvalue weighted by atomic mass is 10.1. The van der Waals surface area contributed by atoms with Gasteiger partial charge in [0.05, 0.1) is 10.2 Å². The number of hydrogen-bond acceptors (Lipinski definition) is 5. The molecule has 1 aliphatic rings. The van der Waals surface area contributed by atoms with Gasteiger partial charge in [-0.2, -0.15) is 0 Å². The van der Waals surface area contributed by atoms with Gasteiger partial charge in [-0.25, -0.2) is 0 Å². The Labute approximate surface area is 141 Å². The molecule has 0 radical (unpaired) electrons. The third-order valence-corrected chi connectivity index (χ3v) is 4.85. The van der Waals surface area contributed by atoms with Crippen molar-refractivity contribution < 1.29 is 14.3 Å². The minimum Gasteiger partial charge on any atom is -0.486 e. The largest absolute Gasteiger partial charge is 0.486 e. The maximum absolute atomic E-state index is 12.4. The first kappa shape index (κ1) is 14.8. The fourth-order valence-corrected chi connectivity index (χ4v) is 3.52. The number of amides is 1. The molecule has 0 saturated carbocycles. The Kier molecular flexibility index (Phi) is 3.50. The minimum absolute atomic E-state index is 0.0275. The predicted octanol–water partition coefficient (Wildman–Crippen LogP) is 2.62. The summed E-state index contributed by atoms with van der Waals surface area (Å²) in [6.45, 7) is 0.986. The molecular weight excluding hydrogens is 328 g/mol. The summed E-state index contributed by atoms with van der Waals surface area (Å²) >= 11 is 1.15. The summed E-state index contributed by atoms with van der Waals surface area (Å²) in [5, 5.41) is 2.85. The zero-order valence-electron chi connectivity index (χ0n) is 12.9. The highest BCUT2D eigenvalue weighted by molar-refractivity contribution is 7.16. The average molecular weight is 342 g/mol. The second-order valence-corrected chi connectivity index (χ2v) is 6.42. The first-order chi connectivity index (χ1) is 11.6. The van der Waals surface area contributed by atoms with E-state index in [1.165, 1.54) is 0 Å². The third-order valence-electron chi connectivity index (χ3n) is 3.85. The summed E-state index contributed by atoms with van der Waals surface area (Å²) in [5.74, 6) is 0.980. The van der Waals surface area contributed by atoms with Crippen molar-refractivity contribution in [1.82, 2.24) is 4.57 Å². The molecule has 0 saturated heterocycles. The van der Waals surface area contributed by atoms with Gasteiger partial charge in [0.25, 0.3) is 5.91 Å². The van der Waals surface area contributed by atoms with Gasteiger partial charge in [0, 0.05) is 18.3 Å². The number of rotatable bonds is 2. The molecule has 6 nitrogen and oxygen atoms in total. The number of benzene rings is 2. The lowest BCUT2D eigenvalue weighted by molar-refractivity contribution is 0.102. The number of ether oxygens (including phenoxy) is 2. The van der Waals surface area contributed by atoms with Gasteiger partial charge in [-0.15, -0.1) is 0 Å². The van der Waals surface area contributed by atoms with E-state index in [0.717, 1.165) is 21.6 Å². The number of aromatic nitrogens is 1. The fraction of sp³-hybridized carbons (Fsp3) is 0.176. The zero-order chi connectivity index (χ0) is 16.7.